The number of fused-ring (bicyclic) bond motifs is 1. The molecule has 106 valence electrons. The van der Waals surface area contributed by atoms with Crippen molar-refractivity contribution in [2.45, 2.75) is 18.0 Å². The Labute approximate surface area is 121 Å². The molecule has 0 saturated heterocycles. The van der Waals surface area contributed by atoms with Crippen molar-refractivity contribution in [2.75, 3.05) is 12.3 Å². The third-order valence-corrected chi connectivity index (χ3v) is 5.39. The van der Waals surface area contributed by atoms with E-state index in [0.29, 0.717) is 23.9 Å². The van der Waals surface area contributed by atoms with Crippen molar-refractivity contribution < 1.29 is 8.42 Å². The quantitative estimate of drug-likeness (QED) is 0.824. The zero-order chi connectivity index (χ0) is 14.3. The molecule has 1 aromatic heterocycles. The van der Waals surface area contributed by atoms with Gasteiger partial charge in [0.1, 0.15) is 12.2 Å². The number of aromatic nitrogens is 3. The number of hydrogen-bond donors (Lipinski definition) is 1. The highest BCUT2D eigenvalue weighted by atomic mass is 35.5. The summed E-state index contributed by atoms with van der Waals surface area (Å²) in [6.07, 6.45) is 1.60. The molecule has 9 heteroatoms. The fourth-order valence-electron chi connectivity index (χ4n) is 2.08. The van der Waals surface area contributed by atoms with E-state index in [4.69, 9.17) is 17.3 Å². The zero-order valence-electron chi connectivity index (χ0n) is 10.4. The minimum absolute atomic E-state index is 0.132. The van der Waals surface area contributed by atoms with E-state index in [1.54, 1.807) is 6.33 Å². The van der Waals surface area contributed by atoms with Crippen LogP contribution in [0.25, 0.3) is 0 Å². The van der Waals surface area contributed by atoms with E-state index in [0.717, 1.165) is 0 Å². The normalized spacial score (nSPS) is 16.1. The summed E-state index contributed by atoms with van der Waals surface area (Å²) in [5.74, 6) is 0.627. The topological polar surface area (TPSA) is 94.1 Å². The second kappa shape index (κ2) is 4.72. The van der Waals surface area contributed by atoms with Gasteiger partial charge in [0.05, 0.1) is 22.2 Å². The molecular weight excluding hydrogens is 302 g/mol. The minimum Gasteiger partial charge on any atom is -0.397 e. The summed E-state index contributed by atoms with van der Waals surface area (Å²) in [4.78, 5) is 0.132. The monoisotopic (exact) mass is 313 g/mol. The summed E-state index contributed by atoms with van der Waals surface area (Å²) >= 11 is 5.81. The van der Waals surface area contributed by atoms with E-state index in [1.807, 2.05) is 4.57 Å². The fraction of sp³-hybridized carbons (Fsp3) is 0.273. The van der Waals surface area contributed by atoms with Crippen LogP contribution in [0.4, 0.5) is 5.69 Å². The van der Waals surface area contributed by atoms with Crippen LogP contribution in [-0.4, -0.2) is 34.0 Å². The third-order valence-electron chi connectivity index (χ3n) is 3.21. The molecule has 0 unspecified atom stereocenters. The van der Waals surface area contributed by atoms with Crippen molar-refractivity contribution in [3.05, 3.63) is 35.4 Å². The molecule has 0 radical (unpaired) electrons. The first kappa shape index (κ1) is 13.3. The van der Waals surface area contributed by atoms with Crippen molar-refractivity contribution in [1.82, 2.24) is 19.1 Å². The molecule has 20 heavy (non-hydrogen) atoms. The maximum absolute atomic E-state index is 12.6. The smallest absolute Gasteiger partial charge is 0.243 e. The Morgan fingerprint density at radius 2 is 2.10 bits per heavy atom. The largest absolute Gasteiger partial charge is 0.397 e. The lowest BCUT2D eigenvalue weighted by molar-refractivity contribution is 0.335. The lowest BCUT2D eigenvalue weighted by Crippen LogP contribution is -2.38. The van der Waals surface area contributed by atoms with E-state index in [9.17, 15) is 8.42 Å². The van der Waals surface area contributed by atoms with Crippen LogP contribution in [0.15, 0.2) is 29.4 Å². The Balaban J connectivity index is 1.95. The van der Waals surface area contributed by atoms with Gasteiger partial charge < -0.3 is 10.3 Å². The molecule has 1 aliphatic heterocycles. The number of rotatable bonds is 2. The Kier molecular flexibility index (Phi) is 3.15. The molecule has 0 atom stereocenters. The number of benzene rings is 1. The summed E-state index contributed by atoms with van der Waals surface area (Å²) in [7, 11) is -3.61. The second-order valence-corrected chi connectivity index (χ2v) is 6.81. The highest BCUT2D eigenvalue weighted by Crippen LogP contribution is 2.26. The molecule has 0 aliphatic carbocycles. The first-order valence-electron chi connectivity index (χ1n) is 5.90. The van der Waals surface area contributed by atoms with Crippen molar-refractivity contribution in [3.63, 3.8) is 0 Å². The van der Waals surface area contributed by atoms with Gasteiger partial charge in [-0.2, -0.15) is 4.31 Å². The highest BCUT2D eigenvalue weighted by molar-refractivity contribution is 7.89. The maximum Gasteiger partial charge on any atom is 0.243 e. The molecule has 0 saturated carbocycles. The van der Waals surface area contributed by atoms with Crippen LogP contribution >= 0.6 is 11.6 Å². The molecule has 1 aromatic carbocycles. The number of nitrogen functional groups attached to an aromatic ring is 1. The average Bonchev–Trinajstić information content (AvgIpc) is 2.89. The van der Waals surface area contributed by atoms with E-state index in [1.165, 1.54) is 22.5 Å². The van der Waals surface area contributed by atoms with Gasteiger partial charge >= 0.3 is 0 Å². The van der Waals surface area contributed by atoms with Crippen LogP contribution in [0.2, 0.25) is 5.02 Å². The summed E-state index contributed by atoms with van der Waals surface area (Å²) in [5.41, 5.74) is 5.91. The highest BCUT2D eigenvalue weighted by Gasteiger charge is 2.29. The number of halogens is 1. The van der Waals surface area contributed by atoms with Gasteiger partial charge in [0.15, 0.2) is 0 Å². The van der Waals surface area contributed by atoms with Crippen LogP contribution in [0.1, 0.15) is 5.82 Å². The standard InChI is InChI=1S/C11H12ClN5O2S/c12-9-2-1-8(5-10(9)13)20(18,19)17-4-3-16-7-14-15-11(16)6-17/h1-2,5,7H,3-4,6,13H2. The van der Waals surface area contributed by atoms with E-state index in [-0.39, 0.29) is 17.1 Å². The summed E-state index contributed by atoms with van der Waals surface area (Å²) < 4.78 is 28.3. The Bertz CT molecular complexity index is 758. The molecule has 2 aromatic rings. The molecule has 0 spiro atoms. The predicted octanol–water partition coefficient (Wildman–Crippen LogP) is 0.718. The first-order valence-corrected chi connectivity index (χ1v) is 7.72. The van der Waals surface area contributed by atoms with Gasteiger partial charge in [-0.1, -0.05) is 11.6 Å². The summed E-state index contributed by atoms with van der Waals surface area (Å²) in [5, 5.41) is 8.02. The number of anilines is 1. The van der Waals surface area contributed by atoms with E-state index in [2.05, 4.69) is 10.2 Å². The fourth-order valence-corrected chi connectivity index (χ4v) is 3.62. The van der Waals surface area contributed by atoms with Gasteiger partial charge in [-0.15, -0.1) is 10.2 Å². The Morgan fingerprint density at radius 1 is 1.30 bits per heavy atom. The van der Waals surface area contributed by atoms with Crippen LogP contribution in [0, 0.1) is 0 Å². The molecule has 0 fully saturated rings. The van der Waals surface area contributed by atoms with E-state index < -0.39 is 10.0 Å². The molecule has 0 amide bonds. The minimum atomic E-state index is -3.61. The molecule has 3 rings (SSSR count). The number of nitrogens with two attached hydrogens (primary N) is 1. The van der Waals surface area contributed by atoms with Crippen LogP contribution in [-0.2, 0) is 23.1 Å². The first-order chi connectivity index (χ1) is 9.48. The number of sulfonamides is 1. The molecule has 7 nitrogen and oxygen atoms in total. The third kappa shape index (κ3) is 2.15. The number of nitrogens with zero attached hydrogens (tertiary/aromatic N) is 4. The van der Waals surface area contributed by atoms with Gasteiger partial charge in [0.2, 0.25) is 10.0 Å². The van der Waals surface area contributed by atoms with E-state index >= 15 is 0 Å². The lowest BCUT2D eigenvalue weighted by atomic mass is 10.3. The molecule has 1 aliphatic rings. The van der Waals surface area contributed by atoms with Gasteiger partial charge in [-0.05, 0) is 18.2 Å². The van der Waals surface area contributed by atoms with Crippen molar-refractivity contribution in [1.29, 1.82) is 0 Å². The summed E-state index contributed by atoms with van der Waals surface area (Å²) in [6.45, 7) is 1.10. The van der Waals surface area contributed by atoms with Gasteiger partial charge in [0.25, 0.3) is 0 Å². The van der Waals surface area contributed by atoms with Crippen LogP contribution in [0.5, 0.6) is 0 Å². The van der Waals surface area contributed by atoms with Gasteiger partial charge in [0, 0.05) is 13.1 Å². The number of hydrogen-bond acceptors (Lipinski definition) is 5. The van der Waals surface area contributed by atoms with Gasteiger partial charge in [-0.3, -0.25) is 0 Å². The maximum atomic E-state index is 12.6. The molecule has 2 N–H and O–H groups in total. The van der Waals surface area contributed by atoms with Crippen molar-refractivity contribution in [3.8, 4) is 0 Å². The van der Waals surface area contributed by atoms with Crippen molar-refractivity contribution in [2.24, 2.45) is 0 Å². The van der Waals surface area contributed by atoms with Gasteiger partial charge in [-0.25, -0.2) is 8.42 Å². The lowest BCUT2D eigenvalue weighted by Gasteiger charge is -2.26. The zero-order valence-corrected chi connectivity index (χ0v) is 12.0. The molecular formula is C11H12ClN5O2S. The predicted molar refractivity (Wildman–Crippen MR) is 73.5 cm³/mol. The summed E-state index contributed by atoms with van der Waals surface area (Å²) in [6, 6.07) is 4.31. The Morgan fingerprint density at radius 3 is 2.85 bits per heavy atom. The SMILES string of the molecule is Nc1cc(S(=O)(=O)N2CCn3cnnc3C2)ccc1Cl. The average molecular weight is 314 g/mol. The molecule has 2 heterocycles. The van der Waals surface area contributed by atoms with Crippen LogP contribution in [0.3, 0.4) is 0 Å². The van der Waals surface area contributed by atoms with Crippen LogP contribution < -0.4 is 5.73 Å². The Hall–Kier alpha value is -1.64. The van der Waals surface area contributed by atoms with Crippen molar-refractivity contribution >= 4 is 27.3 Å². The molecule has 0 bridgehead atoms. The second-order valence-electron chi connectivity index (χ2n) is 4.46.